The molecule has 2 aromatic rings. The fourth-order valence-corrected chi connectivity index (χ4v) is 2.48. The van der Waals surface area contributed by atoms with Gasteiger partial charge in [-0.15, -0.1) is 11.3 Å². The highest BCUT2D eigenvalue weighted by Crippen LogP contribution is 2.22. The molecule has 1 unspecified atom stereocenters. The van der Waals surface area contributed by atoms with E-state index < -0.39 is 0 Å². The zero-order chi connectivity index (χ0) is 12.4. The average Bonchev–Trinajstić information content (AvgIpc) is 2.93. The Balaban J connectivity index is 2.07. The summed E-state index contributed by atoms with van der Waals surface area (Å²) < 4.78 is 2.13. The third-order valence-electron chi connectivity index (χ3n) is 3.20. The molecule has 0 bridgehead atoms. The van der Waals surface area contributed by atoms with E-state index in [4.69, 9.17) is 0 Å². The summed E-state index contributed by atoms with van der Waals surface area (Å²) in [5.41, 5.74) is 1.23. The van der Waals surface area contributed by atoms with E-state index in [9.17, 15) is 0 Å². The summed E-state index contributed by atoms with van der Waals surface area (Å²) in [6.45, 7) is 5.09. The normalized spacial score (nSPS) is 13.2. The molecule has 1 atom stereocenters. The molecule has 0 aliphatic rings. The van der Waals surface area contributed by atoms with Gasteiger partial charge in [-0.05, 0) is 20.9 Å². The Kier molecular flexibility index (Phi) is 3.59. The molecular formula is C12H18N4S. The SMILES string of the molecule is Cc1ncc(CN(C)C(C)c2nccs2)n1C. The number of hydrogen-bond acceptors (Lipinski definition) is 4. The number of aryl methyl sites for hydroxylation is 1. The molecule has 5 heteroatoms. The Morgan fingerprint density at radius 2 is 2.24 bits per heavy atom. The highest BCUT2D eigenvalue weighted by Gasteiger charge is 2.15. The van der Waals surface area contributed by atoms with Gasteiger partial charge in [-0.3, -0.25) is 4.90 Å². The Labute approximate surface area is 106 Å². The second kappa shape index (κ2) is 4.98. The zero-order valence-electron chi connectivity index (χ0n) is 10.7. The summed E-state index contributed by atoms with van der Waals surface area (Å²) in [6.07, 6.45) is 3.80. The summed E-state index contributed by atoms with van der Waals surface area (Å²) in [5, 5.41) is 3.18. The van der Waals surface area contributed by atoms with Crippen molar-refractivity contribution in [3.05, 3.63) is 34.3 Å². The van der Waals surface area contributed by atoms with Crippen LogP contribution >= 0.6 is 11.3 Å². The third kappa shape index (κ3) is 2.56. The van der Waals surface area contributed by atoms with Crippen LogP contribution in [0.1, 0.15) is 29.5 Å². The van der Waals surface area contributed by atoms with Crippen LogP contribution in [0.3, 0.4) is 0 Å². The largest absolute Gasteiger partial charge is 0.334 e. The number of nitrogens with zero attached hydrogens (tertiary/aromatic N) is 4. The van der Waals surface area contributed by atoms with E-state index in [1.54, 1.807) is 11.3 Å². The minimum absolute atomic E-state index is 0.338. The lowest BCUT2D eigenvalue weighted by molar-refractivity contribution is 0.247. The van der Waals surface area contributed by atoms with Gasteiger partial charge in [0, 0.05) is 31.4 Å². The quantitative estimate of drug-likeness (QED) is 0.835. The summed E-state index contributed by atoms with van der Waals surface area (Å²) in [7, 11) is 4.17. The predicted molar refractivity (Wildman–Crippen MR) is 69.9 cm³/mol. The minimum Gasteiger partial charge on any atom is -0.334 e. The van der Waals surface area contributed by atoms with E-state index in [1.807, 2.05) is 24.7 Å². The molecule has 0 saturated carbocycles. The molecule has 17 heavy (non-hydrogen) atoms. The molecule has 92 valence electrons. The van der Waals surface area contributed by atoms with Gasteiger partial charge in [0.05, 0.1) is 11.7 Å². The summed E-state index contributed by atoms with van der Waals surface area (Å²) in [4.78, 5) is 11.0. The first-order chi connectivity index (χ1) is 8.09. The molecule has 0 aliphatic carbocycles. The summed E-state index contributed by atoms with van der Waals surface area (Å²) in [5.74, 6) is 1.05. The number of thiazole rings is 1. The van der Waals surface area contributed by atoms with Crippen molar-refractivity contribution in [2.24, 2.45) is 7.05 Å². The molecule has 0 spiro atoms. The van der Waals surface area contributed by atoms with Crippen molar-refractivity contribution in [3.63, 3.8) is 0 Å². The van der Waals surface area contributed by atoms with Gasteiger partial charge in [-0.2, -0.15) is 0 Å². The minimum atomic E-state index is 0.338. The molecule has 2 heterocycles. The molecule has 2 aromatic heterocycles. The van der Waals surface area contributed by atoms with E-state index >= 15 is 0 Å². The van der Waals surface area contributed by atoms with Crippen molar-refractivity contribution in [1.82, 2.24) is 19.4 Å². The maximum atomic E-state index is 4.36. The number of rotatable bonds is 4. The second-order valence-electron chi connectivity index (χ2n) is 4.32. The summed E-state index contributed by atoms with van der Waals surface area (Å²) >= 11 is 1.70. The van der Waals surface area contributed by atoms with Crippen molar-refractivity contribution < 1.29 is 0 Å². The molecule has 0 N–H and O–H groups in total. The van der Waals surface area contributed by atoms with Crippen LogP contribution in [0.5, 0.6) is 0 Å². The third-order valence-corrected chi connectivity index (χ3v) is 4.14. The maximum absolute atomic E-state index is 4.36. The molecule has 0 amide bonds. The van der Waals surface area contributed by atoms with Crippen LogP contribution in [0.4, 0.5) is 0 Å². The fourth-order valence-electron chi connectivity index (χ4n) is 1.72. The van der Waals surface area contributed by atoms with Crippen LogP contribution in [0.15, 0.2) is 17.8 Å². The Hall–Kier alpha value is -1.20. The highest BCUT2D eigenvalue weighted by atomic mass is 32.1. The number of hydrogen-bond donors (Lipinski definition) is 0. The fraction of sp³-hybridized carbons (Fsp3) is 0.500. The average molecular weight is 250 g/mol. The zero-order valence-corrected chi connectivity index (χ0v) is 11.5. The molecule has 4 nitrogen and oxygen atoms in total. The van der Waals surface area contributed by atoms with Crippen LogP contribution in [-0.2, 0) is 13.6 Å². The van der Waals surface area contributed by atoms with Crippen LogP contribution in [0, 0.1) is 6.92 Å². The first-order valence-electron chi connectivity index (χ1n) is 5.66. The van der Waals surface area contributed by atoms with Crippen molar-refractivity contribution in [2.75, 3.05) is 7.05 Å². The van der Waals surface area contributed by atoms with Crippen molar-refractivity contribution >= 4 is 11.3 Å². The smallest absolute Gasteiger partial charge is 0.109 e. The van der Waals surface area contributed by atoms with Gasteiger partial charge in [0.1, 0.15) is 10.8 Å². The van der Waals surface area contributed by atoms with E-state index in [2.05, 4.69) is 40.5 Å². The van der Waals surface area contributed by atoms with Gasteiger partial charge in [-0.1, -0.05) is 0 Å². The van der Waals surface area contributed by atoms with Gasteiger partial charge >= 0.3 is 0 Å². The van der Waals surface area contributed by atoms with Crippen LogP contribution in [-0.4, -0.2) is 26.5 Å². The van der Waals surface area contributed by atoms with Crippen molar-refractivity contribution in [1.29, 1.82) is 0 Å². The van der Waals surface area contributed by atoms with E-state index in [0.717, 1.165) is 17.4 Å². The molecular weight excluding hydrogens is 232 g/mol. The van der Waals surface area contributed by atoms with Crippen LogP contribution in [0.25, 0.3) is 0 Å². The monoisotopic (exact) mass is 250 g/mol. The van der Waals surface area contributed by atoms with Crippen molar-refractivity contribution in [3.8, 4) is 0 Å². The molecule has 0 aliphatic heterocycles. The first kappa shape index (κ1) is 12.3. The highest BCUT2D eigenvalue weighted by molar-refractivity contribution is 7.09. The molecule has 0 radical (unpaired) electrons. The molecule has 2 rings (SSSR count). The van der Waals surface area contributed by atoms with E-state index in [-0.39, 0.29) is 0 Å². The summed E-state index contributed by atoms with van der Waals surface area (Å²) in [6, 6.07) is 0.338. The molecule has 0 aromatic carbocycles. The standard InChI is InChI=1S/C12H18N4S/c1-9(12-13-5-6-17-12)15(3)8-11-7-14-10(2)16(11)4/h5-7,9H,8H2,1-4H3. The van der Waals surface area contributed by atoms with Gasteiger partial charge < -0.3 is 4.57 Å². The van der Waals surface area contributed by atoms with E-state index in [1.165, 1.54) is 5.69 Å². The van der Waals surface area contributed by atoms with Gasteiger partial charge in [0.15, 0.2) is 0 Å². The number of aromatic nitrogens is 3. The lowest BCUT2D eigenvalue weighted by Crippen LogP contribution is -2.23. The van der Waals surface area contributed by atoms with E-state index in [0.29, 0.717) is 6.04 Å². The lowest BCUT2D eigenvalue weighted by Gasteiger charge is -2.22. The topological polar surface area (TPSA) is 34.0 Å². The van der Waals surface area contributed by atoms with Crippen LogP contribution < -0.4 is 0 Å². The van der Waals surface area contributed by atoms with Gasteiger partial charge in [-0.25, -0.2) is 9.97 Å². The lowest BCUT2D eigenvalue weighted by atomic mass is 10.3. The Morgan fingerprint density at radius 1 is 1.47 bits per heavy atom. The van der Waals surface area contributed by atoms with Gasteiger partial charge in [0.25, 0.3) is 0 Å². The number of imidazole rings is 1. The Bertz CT molecular complexity index is 475. The Morgan fingerprint density at radius 3 is 2.76 bits per heavy atom. The van der Waals surface area contributed by atoms with Gasteiger partial charge in [0.2, 0.25) is 0 Å². The van der Waals surface area contributed by atoms with Crippen LogP contribution in [0.2, 0.25) is 0 Å². The molecule has 0 fully saturated rings. The maximum Gasteiger partial charge on any atom is 0.109 e. The second-order valence-corrected chi connectivity index (χ2v) is 5.24. The molecule has 0 saturated heterocycles. The van der Waals surface area contributed by atoms with Crippen molar-refractivity contribution in [2.45, 2.75) is 26.4 Å². The first-order valence-corrected chi connectivity index (χ1v) is 6.54. The predicted octanol–water partition coefficient (Wildman–Crippen LogP) is 2.38.